The highest BCUT2D eigenvalue weighted by atomic mass is 16.5. The summed E-state index contributed by atoms with van der Waals surface area (Å²) in [5, 5.41) is 0. The van der Waals surface area contributed by atoms with E-state index in [-0.39, 0.29) is 0 Å². The first kappa shape index (κ1) is 17.2. The lowest BCUT2D eigenvalue weighted by Gasteiger charge is -2.06. The topological polar surface area (TPSA) is 22.1 Å². The van der Waals surface area contributed by atoms with Gasteiger partial charge in [-0.3, -0.25) is 4.98 Å². The molecule has 0 saturated carbocycles. The predicted octanol–water partition coefficient (Wildman–Crippen LogP) is 5.49. The van der Waals surface area contributed by atoms with E-state index >= 15 is 0 Å². The third-order valence-corrected chi connectivity index (χ3v) is 4.42. The van der Waals surface area contributed by atoms with E-state index in [4.69, 9.17) is 4.74 Å². The first-order valence-corrected chi connectivity index (χ1v) is 9.04. The summed E-state index contributed by atoms with van der Waals surface area (Å²) in [5.74, 6) is 0.936. The molecule has 0 aliphatic rings. The van der Waals surface area contributed by atoms with Crippen LogP contribution in [0.5, 0.6) is 5.75 Å². The van der Waals surface area contributed by atoms with Crippen molar-refractivity contribution in [2.75, 3.05) is 6.61 Å². The van der Waals surface area contributed by atoms with E-state index in [1.807, 2.05) is 25.3 Å². The third kappa shape index (κ3) is 4.69. The molecule has 128 valence electrons. The quantitative estimate of drug-likeness (QED) is 0.571. The minimum Gasteiger partial charge on any atom is -0.494 e. The van der Waals surface area contributed by atoms with Gasteiger partial charge in [0.05, 0.1) is 12.3 Å². The zero-order valence-electron chi connectivity index (χ0n) is 15.0. The molecule has 0 radical (unpaired) electrons. The van der Waals surface area contributed by atoms with Crippen molar-refractivity contribution in [3.63, 3.8) is 0 Å². The van der Waals surface area contributed by atoms with Crippen molar-refractivity contribution in [3.05, 3.63) is 83.6 Å². The van der Waals surface area contributed by atoms with Crippen LogP contribution in [-0.4, -0.2) is 11.6 Å². The summed E-state index contributed by atoms with van der Waals surface area (Å²) < 4.78 is 5.48. The Morgan fingerprint density at radius 2 is 1.36 bits per heavy atom. The predicted molar refractivity (Wildman–Crippen MR) is 104 cm³/mol. The number of aromatic nitrogens is 1. The molecule has 1 heterocycles. The highest BCUT2D eigenvalue weighted by Crippen LogP contribution is 2.19. The lowest BCUT2D eigenvalue weighted by molar-refractivity contribution is 0.340. The normalized spacial score (nSPS) is 10.6. The first-order chi connectivity index (χ1) is 12.3. The van der Waals surface area contributed by atoms with Crippen molar-refractivity contribution < 1.29 is 4.74 Å². The summed E-state index contributed by atoms with van der Waals surface area (Å²) in [6.45, 7) is 4.88. The van der Waals surface area contributed by atoms with Gasteiger partial charge in [0.25, 0.3) is 0 Å². The summed E-state index contributed by atoms with van der Waals surface area (Å²) >= 11 is 0. The molecular weight excluding hydrogens is 306 g/mol. The largest absolute Gasteiger partial charge is 0.494 e. The van der Waals surface area contributed by atoms with Crippen LogP contribution in [0.4, 0.5) is 0 Å². The smallest absolute Gasteiger partial charge is 0.119 e. The Morgan fingerprint density at radius 3 is 1.96 bits per heavy atom. The highest BCUT2D eigenvalue weighted by molar-refractivity contribution is 5.59. The number of pyridine rings is 1. The van der Waals surface area contributed by atoms with Gasteiger partial charge in [-0.1, -0.05) is 49.4 Å². The number of aryl methyl sites for hydroxylation is 3. The molecule has 0 N–H and O–H groups in total. The van der Waals surface area contributed by atoms with Gasteiger partial charge in [0.2, 0.25) is 0 Å². The molecular formula is C23H25NO. The molecule has 0 aliphatic carbocycles. The molecule has 3 aromatic rings. The van der Waals surface area contributed by atoms with Crippen LogP contribution in [0.3, 0.4) is 0 Å². The first-order valence-electron chi connectivity index (χ1n) is 9.04. The van der Waals surface area contributed by atoms with Crippen LogP contribution >= 0.6 is 0 Å². The van der Waals surface area contributed by atoms with Crippen molar-refractivity contribution in [2.24, 2.45) is 0 Å². The Hall–Kier alpha value is -2.61. The average molecular weight is 331 g/mol. The molecule has 0 aliphatic heterocycles. The summed E-state index contributed by atoms with van der Waals surface area (Å²) in [6.07, 6.45) is 5.07. The van der Waals surface area contributed by atoms with Crippen molar-refractivity contribution >= 4 is 0 Å². The maximum Gasteiger partial charge on any atom is 0.119 e. The molecule has 0 bridgehead atoms. The van der Waals surface area contributed by atoms with E-state index in [9.17, 15) is 0 Å². The molecule has 2 heteroatoms. The molecule has 1 aromatic heterocycles. The summed E-state index contributed by atoms with van der Waals surface area (Å²) in [5.41, 5.74) is 6.16. The fourth-order valence-corrected chi connectivity index (χ4v) is 2.86. The fourth-order valence-electron chi connectivity index (χ4n) is 2.86. The fraction of sp³-hybridized carbons (Fsp3) is 0.261. The molecule has 3 rings (SSSR count). The maximum absolute atomic E-state index is 5.48. The van der Waals surface area contributed by atoms with Crippen LogP contribution in [0.1, 0.15) is 30.5 Å². The monoisotopic (exact) mass is 331 g/mol. The van der Waals surface area contributed by atoms with Gasteiger partial charge in [-0.2, -0.15) is 0 Å². The van der Waals surface area contributed by atoms with Crippen LogP contribution < -0.4 is 4.74 Å². The van der Waals surface area contributed by atoms with E-state index < -0.39 is 0 Å². The van der Waals surface area contributed by atoms with Crippen LogP contribution in [0.2, 0.25) is 0 Å². The van der Waals surface area contributed by atoms with Gasteiger partial charge in [0.1, 0.15) is 5.75 Å². The van der Waals surface area contributed by atoms with Gasteiger partial charge >= 0.3 is 0 Å². The zero-order chi connectivity index (χ0) is 17.5. The van der Waals surface area contributed by atoms with Crippen molar-refractivity contribution in [3.8, 4) is 17.0 Å². The van der Waals surface area contributed by atoms with Crippen molar-refractivity contribution in [1.82, 2.24) is 4.98 Å². The highest BCUT2D eigenvalue weighted by Gasteiger charge is 2.02. The van der Waals surface area contributed by atoms with Gasteiger partial charge < -0.3 is 4.74 Å². The van der Waals surface area contributed by atoms with Crippen molar-refractivity contribution in [2.45, 2.75) is 33.1 Å². The number of rotatable bonds is 7. The average Bonchev–Trinajstić information content (AvgIpc) is 2.68. The number of ether oxygens (including phenoxy) is 1. The number of benzene rings is 2. The molecule has 25 heavy (non-hydrogen) atoms. The van der Waals surface area contributed by atoms with Crippen molar-refractivity contribution in [1.29, 1.82) is 0 Å². The Bertz CT molecular complexity index is 774. The van der Waals surface area contributed by atoms with E-state index in [0.29, 0.717) is 6.61 Å². The third-order valence-electron chi connectivity index (χ3n) is 4.42. The maximum atomic E-state index is 5.48. The number of hydrogen-bond donors (Lipinski definition) is 0. The summed E-state index contributed by atoms with van der Waals surface area (Å²) in [6, 6.07) is 21.3. The molecule has 2 nitrogen and oxygen atoms in total. The second-order valence-corrected chi connectivity index (χ2v) is 6.18. The molecule has 0 spiro atoms. The number of nitrogens with zero attached hydrogens (tertiary/aromatic N) is 1. The molecule has 0 unspecified atom stereocenters. The van der Waals surface area contributed by atoms with Gasteiger partial charge in [0, 0.05) is 11.8 Å². The second-order valence-electron chi connectivity index (χ2n) is 6.18. The molecule has 0 saturated heterocycles. The van der Waals surface area contributed by atoms with Gasteiger partial charge in [-0.25, -0.2) is 0 Å². The molecule has 0 fully saturated rings. The Labute approximate surface area is 150 Å². The Kier molecular flexibility index (Phi) is 5.84. The van der Waals surface area contributed by atoms with E-state index in [0.717, 1.165) is 30.7 Å². The summed E-state index contributed by atoms with van der Waals surface area (Å²) in [4.78, 5) is 4.64. The Morgan fingerprint density at radius 1 is 0.720 bits per heavy atom. The zero-order valence-corrected chi connectivity index (χ0v) is 15.0. The van der Waals surface area contributed by atoms with E-state index in [2.05, 4.69) is 60.4 Å². The lowest BCUT2D eigenvalue weighted by atomic mass is 10.0. The molecule has 0 atom stereocenters. The van der Waals surface area contributed by atoms with Crippen LogP contribution in [0.15, 0.2) is 66.9 Å². The standard InChI is InChI=1S/C23H25NO/c1-3-18-7-12-21(13-8-18)23-16-11-20(17-24-23)6-5-19-9-14-22(15-10-19)25-4-2/h7-17H,3-6H2,1-2H3. The van der Waals surface area contributed by atoms with E-state index in [1.54, 1.807) is 0 Å². The van der Waals surface area contributed by atoms with Gasteiger partial charge in [-0.05, 0) is 61.1 Å². The van der Waals surface area contributed by atoms with Gasteiger partial charge in [-0.15, -0.1) is 0 Å². The van der Waals surface area contributed by atoms with Crippen LogP contribution in [0.25, 0.3) is 11.3 Å². The van der Waals surface area contributed by atoms with Gasteiger partial charge in [0.15, 0.2) is 0 Å². The van der Waals surface area contributed by atoms with E-state index in [1.165, 1.54) is 22.3 Å². The van der Waals surface area contributed by atoms with Crippen LogP contribution in [-0.2, 0) is 19.3 Å². The SMILES string of the molecule is CCOc1ccc(CCc2ccc(-c3ccc(CC)cc3)nc2)cc1. The lowest BCUT2D eigenvalue weighted by Crippen LogP contribution is -1.95. The molecule has 0 amide bonds. The minimum absolute atomic E-state index is 0.707. The second kappa shape index (κ2) is 8.48. The summed E-state index contributed by atoms with van der Waals surface area (Å²) in [7, 11) is 0. The Balaban J connectivity index is 1.60. The number of hydrogen-bond acceptors (Lipinski definition) is 2. The molecule has 2 aromatic carbocycles. The minimum atomic E-state index is 0.707. The van der Waals surface area contributed by atoms with Crippen LogP contribution in [0, 0.1) is 0 Å².